The van der Waals surface area contributed by atoms with Gasteiger partial charge in [-0.1, -0.05) is 6.92 Å². The lowest BCUT2D eigenvalue weighted by molar-refractivity contribution is 0.160. The van der Waals surface area contributed by atoms with Gasteiger partial charge in [0.15, 0.2) is 0 Å². The molecule has 0 spiro atoms. The zero-order chi connectivity index (χ0) is 6.69. The third-order valence-electron chi connectivity index (χ3n) is 2.04. The van der Waals surface area contributed by atoms with Crippen LogP contribution < -0.4 is 0 Å². The quantitative estimate of drug-likeness (QED) is 0.499. The molecule has 0 aromatic heterocycles. The van der Waals surface area contributed by atoms with E-state index in [0.29, 0.717) is 0 Å². The number of rotatable bonds is 1. The molecule has 1 saturated heterocycles. The number of piperazine rings is 1. The Labute approximate surface area is 57.4 Å². The van der Waals surface area contributed by atoms with Gasteiger partial charge in [-0.25, -0.2) is 0 Å². The van der Waals surface area contributed by atoms with E-state index in [-0.39, 0.29) is 0 Å². The van der Waals surface area contributed by atoms with Gasteiger partial charge in [0.1, 0.15) is 0 Å². The second-order valence-electron chi connectivity index (χ2n) is 2.74. The molecule has 0 N–H and O–H groups in total. The number of hydrogen-bond acceptors (Lipinski definition) is 2. The van der Waals surface area contributed by atoms with Crippen LogP contribution in [0.5, 0.6) is 0 Å². The van der Waals surface area contributed by atoms with Crippen LogP contribution >= 0.6 is 0 Å². The fourth-order valence-corrected chi connectivity index (χ4v) is 1.16. The molecule has 0 amide bonds. The molecular formula is C7H16N2. The summed E-state index contributed by atoms with van der Waals surface area (Å²) in [6, 6.07) is 0. The van der Waals surface area contributed by atoms with E-state index in [1.165, 1.54) is 32.7 Å². The van der Waals surface area contributed by atoms with Crippen LogP contribution in [0.2, 0.25) is 0 Å². The summed E-state index contributed by atoms with van der Waals surface area (Å²) >= 11 is 0. The van der Waals surface area contributed by atoms with Gasteiger partial charge in [-0.2, -0.15) is 0 Å². The maximum Gasteiger partial charge on any atom is 0.0110 e. The molecule has 0 aromatic carbocycles. The van der Waals surface area contributed by atoms with Crippen molar-refractivity contribution < 1.29 is 0 Å². The molecule has 0 bridgehead atoms. The Bertz CT molecular complexity index is 75.0. The number of nitrogens with zero attached hydrogens (tertiary/aromatic N) is 2. The summed E-state index contributed by atoms with van der Waals surface area (Å²) in [5, 5.41) is 0. The largest absolute Gasteiger partial charge is 0.304 e. The van der Waals surface area contributed by atoms with Crippen LogP contribution in [0.1, 0.15) is 6.92 Å². The second kappa shape index (κ2) is 3.18. The van der Waals surface area contributed by atoms with Crippen LogP contribution in [0.15, 0.2) is 0 Å². The Balaban J connectivity index is 2.18. The van der Waals surface area contributed by atoms with Crippen molar-refractivity contribution in [3.8, 4) is 0 Å². The predicted molar refractivity (Wildman–Crippen MR) is 39.6 cm³/mol. The highest BCUT2D eigenvalue weighted by Gasteiger charge is 2.10. The Morgan fingerprint density at radius 1 is 1.11 bits per heavy atom. The van der Waals surface area contributed by atoms with E-state index in [0.717, 1.165) is 0 Å². The van der Waals surface area contributed by atoms with Crippen molar-refractivity contribution in [1.82, 2.24) is 9.80 Å². The highest BCUT2D eigenvalue weighted by atomic mass is 15.2. The minimum absolute atomic E-state index is 1.22. The molecule has 0 aliphatic carbocycles. The van der Waals surface area contributed by atoms with Gasteiger partial charge in [0.25, 0.3) is 0 Å². The smallest absolute Gasteiger partial charge is 0.0110 e. The first-order valence-electron chi connectivity index (χ1n) is 3.74. The Kier molecular flexibility index (Phi) is 2.49. The molecule has 0 aromatic rings. The fraction of sp³-hybridized carbons (Fsp3) is 1.00. The molecule has 9 heavy (non-hydrogen) atoms. The van der Waals surface area contributed by atoms with E-state index >= 15 is 0 Å². The van der Waals surface area contributed by atoms with Crippen molar-refractivity contribution in [2.24, 2.45) is 0 Å². The summed E-state index contributed by atoms with van der Waals surface area (Å²) in [7, 11) is 2.19. The molecule has 1 rings (SSSR count). The van der Waals surface area contributed by atoms with Gasteiger partial charge in [0, 0.05) is 26.2 Å². The number of likely N-dealkylation sites (N-methyl/N-ethyl adjacent to an activating group) is 2. The van der Waals surface area contributed by atoms with Gasteiger partial charge >= 0.3 is 0 Å². The molecule has 2 heteroatoms. The van der Waals surface area contributed by atoms with Gasteiger partial charge in [-0.3, -0.25) is 0 Å². The van der Waals surface area contributed by atoms with Crippen LogP contribution in [0.25, 0.3) is 0 Å². The lowest BCUT2D eigenvalue weighted by Crippen LogP contribution is -2.44. The monoisotopic (exact) mass is 128 g/mol. The van der Waals surface area contributed by atoms with Gasteiger partial charge in [-0.05, 0) is 13.6 Å². The van der Waals surface area contributed by atoms with Gasteiger partial charge in [0.2, 0.25) is 0 Å². The summed E-state index contributed by atoms with van der Waals surface area (Å²) in [6.07, 6.45) is 0. The van der Waals surface area contributed by atoms with Crippen LogP contribution in [0.4, 0.5) is 0 Å². The molecule has 1 fully saturated rings. The van der Waals surface area contributed by atoms with Crippen molar-refractivity contribution in [2.45, 2.75) is 6.92 Å². The first-order chi connectivity index (χ1) is 4.33. The van der Waals surface area contributed by atoms with Gasteiger partial charge < -0.3 is 9.80 Å². The summed E-state index contributed by atoms with van der Waals surface area (Å²) in [4.78, 5) is 4.87. The minimum atomic E-state index is 1.22. The molecule has 0 unspecified atom stereocenters. The first-order valence-corrected chi connectivity index (χ1v) is 3.74. The van der Waals surface area contributed by atoms with Crippen molar-refractivity contribution in [1.29, 1.82) is 0 Å². The molecule has 1 aliphatic rings. The van der Waals surface area contributed by atoms with E-state index in [1.54, 1.807) is 0 Å². The lowest BCUT2D eigenvalue weighted by Gasteiger charge is -2.31. The molecule has 1 heterocycles. The standard InChI is InChI=1S/C7H16N2/c1-3-9-6-4-8(2)5-7-9/h3-7H2,1-2H3. The predicted octanol–water partition coefficient (Wildman–Crippen LogP) is 0.254. The zero-order valence-electron chi connectivity index (χ0n) is 6.43. The average molecular weight is 128 g/mol. The van der Waals surface area contributed by atoms with Crippen molar-refractivity contribution in [3.05, 3.63) is 0 Å². The van der Waals surface area contributed by atoms with E-state index < -0.39 is 0 Å². The second-order valence-corrected chi connectivity index (χ2v) is 2.74. The lowest BCUT2D eigenvalue weighted by atomic mass is 10.3. The molecule has 0 atom stereocenters. The summed E-state index contributed by atoms with van der Waals surface area (Å²) in [5.41, 5.74) is 0. The molecule has 2 nitrogen and oxygen atoms in total. The highest BCUT2D eigenvalue weighted by molar-refractivity contribution is 4.66. The topological polar surface area (TPSA) is 6.48 Å². The van der Waals surface area contributed by atoms with Crippen molar-refractivity contribution in [2.75, 3.05) is 39.8 Å². The SMILES string of the molecule is CCN1CCN(C)CC1. The summed E-state index contributed by atoms with van der Waals surface area (Å²) in [6.45, 7) is 8.45. The Morgan fingerprint density at radius 3 is 2.11 bits per heavy atom. The van der Waals surface area contributed by atoms with Crippen LogP contribution in [0, 0.1) is 0 Å². The van der Waals surface area contributed by atoms with E-state index in [2.05, 4.69) is 23.8 Å². The van der Waals surface area contributed by atoms with Gasteiger partial charge in [0.05, 0.1) is 0 Å². The third-order valence-corrected chi connectivity index (χ3v) is 2.04. The molecule has 0 saturated carbocycles. The number of hydrogen-bond donors (Lipinski definition) is 0. The van der Waals surface area contributed by atoms with Crippen molar-refractivity contribution >= 4 is 0 Å². The van der Waals surface area contributed by atoms with Crippen LogP contribution in [-0.2, 0) is 0 Å². The molecule has 1 aliphatic heterocycles. The van der Waals surface area contributed by atoms with E-state index in [4.69, 9.17) is 0 Å². The average Bonchev–Trinajstić information content (AvgIpc) is 1.90. The maximum atomic E-state index is 2.49. The first kappa shape index (κ1) is 7.03. The van der Waals surface area contributed by atoms with Crippen LogP contribution in [-0.4, -0.2) is 49.6 Å². The third kappa shape index (κ3) is 1.95. The van der Waals surface area contributed by atoms with Gasteiger partial charge in [-0.15, -0.1) is 0 Å². The molecule has 54 valence electrons. The maximum absolute atomic E-state index is 2.49. The summed E-state index contributed by atoms with van der Waals surface area (Å²) in [5.74, 6) is 0. The van der Waals surface area contributed by atoms with E-state index in [1.807, 2.05) is 0 Å². The minimum Gasteiger partial charge on any atom is -0.304 e. The van der Waals surface area contributed by atoms with Crippen molar-refractivity contribution in [3.63, 3.8) is 0 Å². The normalized spacial score (nSPS) is 24.7. The zero-order valence-corrected chi connectivity index (χ0v) is 6.43. The molecule has 0 radical (unpaired) electrons. The van der Waals surface area contributed by atoms with E-state index in [9.17, 15) is 0 Å². The Hall–Kier alpha value is -0.0800. The summed E-state index contributed by atoms with van der Waals surface area (Å²) < 4.78 is 0. The Morgan fingerprint density at radius 2 is 1.67 bits per heavy atom. The van der Waals surface area contributed by atoms with Crippen LogP contribution in [0.3, 0.4) is 0 Å². The molecular weight excluding hydrogens is 112 g/mol. The highest BCUT2D eigenvalue weighted by Crippen LogP contribution is 1.96. The fourth-order valence-electron chi connectivity index (χ4n) is 1.16.